The molecule has 196 valence electrons. The summed E-state index contributed by atoms with van der Waals surface area (Å²) in [5.41, 5.74) is 0. The molecule has 0 heterocycles. The fraction of sp³-hybridized carbons (Fsp3) is 0.333. The Morgan fingerprint density at radius 3 is 1.11 bits per heavy atom. The molecule has 6 nitrogen and oxygen atoms in total. The molecular weight excluding hydrogens is 606 g/mol. The Bertz CT molecular complexity index is 978. The Morgan fingerprint density at radius 2 is 0.861 bits per heavy atom. The Morgan fingerprint density at radius 1 is 0.556 bits per heavy atom. The molecule has 36 heavy (non-hydrogen) atoms. The van der Waals surface area contributed by atoms with E-state index < -0.39 is 13.1 Å². The SMILES string of the molecule is COc1ccc(P(I)(CCC[Si](OC)(OC)OC)(c2ccc(OC)cc2)c2ccc(OC)cc2)cc1. The molecule has 9 heteroatoms. The second-order valence-corrected chi connectivity index (χ2v) is 22.2. The van der Waals surface area contributed by atoms with E-state index in [1.165, 1.54) is 15.9 Å². The maximum absolute atomic E-state index is 5.75. The Kier molecular flexibility index (Phi) is 9.82. The second-order valence-electron chi connectivity index (χ2n) is 8.40. The normalized spacial score (nSPS) is 13.0. The molecule has 0 saturated heterocycles. The fourth-order valence-corrected chi connectivity index (χ4v) is 15.3. The van der Waals surface area contributed by atoms with Gasteiger partial charge in [0.2, 0.25) is 0 Å². The van der Waals surface area contributed by atoms with Crippen LogP contribution in [0.4, 0.5) is 0 Å². The summed E-state index contributed by atoms with van der Waals surface area (Å²) in [6.07, 6.45) is 1.74. The molecule has 3 aromatic carbocycles. The van der Waals surface area contributed by atoms with Crippen molar-refractivity contribution in [3.05, 3.63) is 72.8 Å². The summed E-state index contributed by atoms with van der Waals surface area (Å²) in [6.45, 7) is 0. The summed E-state index contributed by atoms with van der Waals surface area (Å²) in [5.74, 6) is 2.48. The zero-order valence-electron chi connectivity index (χ0n) is 21.8. The Hall–Kier alpha value is -1.68. The van der Waals surface area contributed by atoms with E-state index in [1.54, 1.807) is 42.7 Å². The van der Waals surface area contributed by atoms with Gasteiger partial charge in [-0.1, -0.05) is 0 Å². The van der Waals surface area contributed by atoms with Crippen LogP contribution in [-0.2, 0) is 13.3 Å². The maximum atomic E-state index is 5.75. The zero-order valence-corrected chi connectivity index (χ0v) is 25.9. The van der Waals surface area contributed by atoms with Crippen LogP contribution in [0, 0.1) is 0 Å². The van der Waals surface area contributed by atoms with Gasteiger partial charge in [-0.05, 0) is 0 Å². The van der Waals surface area contributed by atoms with Crippen molar-refractivity contribution in [2.75, 3.05) is 48.8 Å². The number of benzene rings is 3. The summed E-state index contributed by atoms with van der Waals surface area (Å²) in [4.78, 5) is 0. The molecule has 0 atom stereocenters. The van der Waals surface area contributed by atoms with E-state index in [2.05, 4.69) is 58.4 Å². The van der Waals surface area contributed by atoms with Gasteiger partial charge in [0.15, 0.2) is 0 Å². The molecule has 0 aliphatic carbocycles. The van der Waals surface area contributed by atoms with Crippen LogP contribution in [0.25, 0.3) is 0 Å². The number of hydrogen-bond acceptors (Lipinski definition) is 6. The van der Waals surface area contributed by atoms with Gasteiger partial charge in [0.1, 0.15) is 0 Å². The van der Waals surface area contributed by atoms with Crippen LogP contribution < -0.4 is 30.1 Å². The molecule has 0 amide bonds. The van der Waals surface area contributed by atoms with Crippen molar-refractivity contribution in [3.63, 3.8) is 0 Å². The number of methoxy groups -OCH3 is 3. The van der Waals surface area contributed by atoms with Crippen LogP contribution in [-0.4, -0.2) is 57.6 Å². The quantitative estimate of drug-likeness (QED) is 0.146. The zero-order chi connectivity index (χ0) is 26.3. The third kappa shape index (κ3) is 5.44. The summed E-state index contributed by atoms with van der Waals surface area (Å²) in [7, 11) is 7.33. The first-order valence-electron chi connectivity index (χ1n) is 11.6. The van der Waals surface area contributed by atoms with E-state index in [1.807, 2.05) is 36.4 Å². The minimum atomic E-state index is -3.03. The molecule has 0 aliphatic rings. The number of ether oxygens (including phenoxy) is 3. The molecule has 0 bridgehead atoms. The standard InChI is InChI=1S/C27H36IO6PSi/c1-29-22-8-14-25(15-9-22)35(28,26-16-10-23(30-2)11-17-26,27-18-12-24(31-3)13-19-27)20-7-21-36(32-4,33-5)34-6/h8-19H,7,20-21H2,1-6H3. The van der Waals surface area contributed by atoms with Crippen molar-refractivity contribution in [2.45, 2.75) is 12.5 Å². The second kappa shape index (κ2) is 12.2. The van der Waals surface area contributed by atoms with Crippen LogP contribution in [0.3, 0.4) is 0 Å². The van der Waals surface area contributed by atoms with Crippen molar-refractivity contribution >= 4 is 51.0 Å². The van der Waals surface area contributed by atoms with Crippen LogP contribution in [0.2, 0.25) is 6.04 Å². The van der Waals surface area contributed by atoms with E-state index in [9.17, 15) is 0 Å². The number of hydrogen-bond donors (Lipinski definition) is 0. The Labute approximate surface area is 229 Å². The van der Waals surface area contributed by atoms with Gasteiger partial charge in [0, 0.05) is 0 Å². The summed E-state index contributed by atoms with van der Waals surface area (Å²) >= 11 is 2.77. The molecule has 0 radical (unpaired) electrons. The molecule has 0 saturated carbocycles. The molecule has 0 aliphatic heterocycles. The summed E-state index contributed by atoms with van der Waals surface area (Å²) in [5, 5.41) is 3.78. The molecule has 0 spiro atoms. The average molecular weight is 643 g/mol. The van der Waals surface area contributed by atoms with Crippen molar-refractivity contribution in [2.24, 2.45) is 0 Å². The third-order valence-electron chi connectivity index (χ3n) is 6.83. The van der Waals surface area contributed by atoms with Gasteiger partial charge in [0.05, 0.1) is 0 Å². The van der Waals surface area contributed by atoms with E-state index >= 15 is 0 Å². The van der Waals surface area contributed by atoms with Gasteiger partial charge in [-0.3, -0.25) is 0 Å². The van der Waals surface area contributed by atoms with Crippen LogP contribution >= 0.6 is 26.3 Å². The number of rotatable bonds is 13. The van der Waals surface area contributed by atoms with Crippen molar-refractivity contribution in [1.82, 2.24) is 0 Å². The van der Waals surface area contributed by atoms with Crippen LogP contribution in [0.1, 0.15) is 6.42 Å². The molecule has 0 N–H and O–H groups in total. The average Bonchev–Trinajstić information content (AvgIpc) is 2.95. The predicted octanol–water partition coefficient (Wildman–Crippen LogP) is 5.16. The predicted molar refractivity (Wildman–Crippen MR) is 160 cm³/mol. The summed E-state index contributed by atoms with van der Waals surface area (Å²) < 4.78 is 30.7. The molecule has 3 aromatic rings. The first-order chi connectivity index (χ1) is 17.3. The van der Waals surface area contributed by atoms with Crippen molar-refractivity contribution in [3.8, 4) is 17.2 Å². The van der Waals surface area contributed by atoms with Gasteiger partial charge in [-0.2, -0.15) is 0 Å². The molecule has 0 aromatic heterocycles. The monoisotopic (exact) mass is 642 g/mol. The van der Waals surface area contributed by atoms with E-state index in [0.717, 1.165) is 29.8 Å². The first kappa shape index (κ1) is 28.9. The topological polar surface area (TPSA) is 55.4 Å². The van der Waals surface area contributed by atoms with Crippen LogP contribution in [0.15, 0.2) is 72.8 Å². The van der Waals surface area contributed by atoms with E-state index in [-0.39, 0.29) is 0 Å². The first-order valence-corrected chi connectivity index (χ1v) is 18.8. The number of halogens is 1. The van der Waals surface area contributed by atoms with Gasteiger partial charge in [-0.25, -0.2) is 0 Å². The van der Waals surface area contributed by atoms with Gasteiger partial charge in [0.25, 0.3) is 0 Å². The fourth-order valence-electron chi connectivity index (χ4n) is 4.66. The van der Waals surface area contributed by atoms with Crippen LogP contribution in [0.5, 0.6) is 17.2 Å². The van der Waals surface area contributed by atoms with Gasteiger partial charge >= 0.3 is 230 Å². The molecule has 3 rings (SSSR count). The molecular formula is C27H36IO6PSi. The van der Waals surface area contributed by atoms with E-state index in [0.29, 0.717) is 6.04 Å². The van der Waals surface area contributed by atoms with Crippen molar-refractivity contribution < 1.29 is 27.5 Å². The summed E-state index contributed by atoms with van der Waals surface area (Å²) in [6, 6.07) is 26.2. The van der Waals surface area contributed by atoms with Crippen molar-refractivity contribution in [1.29, 1.82) is 0 Å². The third-order valence-corrected chi connectivity index (χ3v) is 21.4. The minimum absolute atomic E-state index is 0.708. The molecule has 0 fully saturated rings. The van der Waals surface area contributed by atoms with Gasteiger partial charge < -0.3 is 0 Å². The Balaban J connectivity index is 2.26. The van der Waals surface area contributed by atoms with Gasteiger partial charge in [-0.15, -0.1) is 0 Å². The molecule has 0 unspecified atom stereocenters. The van der Waals surface area contributed by atoms with E-state index in [4.69, 9.17) is 27.5 Å².